The summed E-state index contributed by atoms with van der Waals surface area (Å²) in [5, 5.41) is 6.97. The van der Waals surface area contributed by atoms with Gasteiger partial charge in [-0.3, -0.25) is 9.98 Å². The lowest BCUT2D eigenvalue weighted by Gasteiger charge is -2.21. The normalized spacial score (nSPS) is 19.1. The molecule has 3 aromatic rings. The van der Waals surface area contributed by atoms with Gasteiger partial charge in [-0.15, -0.1) is 0 Å². The Morgan fingerprint density at radius 3 is 1.27 bits per heavy atom. The van der Waals surface area contributed by atoms with Crippen LogP contribution >= 0.6 is 0 Å². The number of allylic oxidation sites excluding steroid dienone is 2. The molecule has 0 spiro atoms. The fourth-order valence-corrected chi connectivity index (χ4v) is 3.49. The quantitative estimate of drug-likeness (QED) is 0.504. The van der Waals surface area contributed by atoms with E-state index in [2.05, 4.69) is 72.8 Å². The van der Waals surface area contributed by atoms with Crippen molar-refractivity contribution in [3.8, 4) is 0 Å². The van der Waals surface area contributed by atoms with Gasteiger partial charge in [0.05, 0.1) is 22.8 Å². The van der Waals surface area contributed by atoms with Crippen LogP contribution in [0.15, 0.2) is 82.8 Å². The van der Waals surface area contributed by atoms with Gasteiger partial charge in [-0.1, -0.05) is 101 Å². The van der Waals surface area contributed by atoms with Crippen LogP contribution in [0.3, 0.4) is 0 Å². The van der Waals surface area contributed by atoms with E-state index in [1.165, 1.54) is 21.5 Å². The standard InChI is InChI=1S/C20H14N2.2C2H6/c1-3-9-15-13(7-1)14-8-2-4-10-16(14)20-19(15)21-17-11-5-6-12-18(17)22-20;2*1-2/h1-12,17-18H;2*1-2H3. The molecule has 0 saturated heterocycles. The van der Waals surface area contributed by atoms with Gasteiger partial charge in [0.2, 0.25) is 0 Å². The van der Waals surface area contributed by atoms with E-state index in [-0.39, 0.29) is 12.1 Å². The maximum Gasteiger partial charge on any atom is 0.0950 e. The summed E-state index contributed by atoms with van der Waals surface area (Å²) >= 11 is 0. The molecule has 26 heavy (non-hydrogen) atoms. The molecule has 0 fully saturated rings. The van der Waals surface area contributed by atoms with Crippen molar-refractivity contribution >= 4 is 21.5 Å². The van der Waals surface area contributed by atoms with Crippen LogP contribution < -0.4 is 10.7 Å². The Labute approximate surface area is 155 Å². The predicted molar refractivity (Wildman–Crippen MR) is 112 cm³/mol. The summed E-state index contributed by atoms with van der Waals surface area (Å²) in [5.74, 6) is 0. The lowest BCUT2D eigenvalue weighted by Crippen LogP contribution is -2.39. The molecule has 5 rings (SSSR count). The van der Waals surface area contributed by atoms with Crippen LogP contribution in [-0.4, -0.2) is 12.1 Å². The van der Waals surface area contributed by atoms with Crippen molar-refractivity contribution in [1.82, 2.24) is 0 Å². The molecule has 1 heterocycles. The molecule has 1 aliphatic carbocycles. The maximum absolute atomic E-state index is 5.01. The van der Waals surface area contributed by atoms with E-state index < -0.39 is 0 Å². The first-order valence-electron chi connectivity index (χ1n) is 9.62. The molecule has 0 bridgehead atoms. The lowest BCUT2D eigenvalue weighted by atomic mass is 9.97. The second kappa shape index (κ2) is 8.09. The summed E-state index contributed by atoms with van der Waals surface area (Å²) in [6.45, 7) is 8.00. The van der Waals surface area contributed by atoms with Crippen LogP contribution in [0.1, 0.15) is 27.7 Å². The van der Waals surface area contributed by atoms with E-state index in [0.717, 1.165) is 10.7 Å². The Morgan fingerprint density at radius 1 is 0.538 bits per heavy atom. The highest BCUT2D eigenvalue weighted by molar-refractivity contribution is 6.07. The zero-order chi connectivity index (χ0) is 18.5. The number of fused-ring (bicyclic) bond motifs is 7. The van der Waals surface area contributed by atoms with E-state index >= 15 is 0 Å². The van der Waals surface area contributed by atoms with Crippen LogP contribution in [-0.2, 0) is 0 Å². The first-order valence-corrected chi connectivity index (χ1v) is 9.62. The molecule has 2 nitrogen and oxygen atoms in total. The van der Waals surface area contributed by atoms with Crippen molar-refractivity contribution in [3.05, 3.63) is 83.5 Å². The molecule has 0 saturated carbocycles. The number of benzene rings is 3. The highest BCUT2D eigenvalue weighted by Crippen LogP contribution is 2.22. The van der Waals surface area contributed by atoms with E-state index in [1.54, 1.807) is 0 Å². The molecular formula is C24H26N2. The highest BCUT2D eigenvalue weighted by atomic mass is 14.9. The fourth-order valence-electron chi connectivity index (χ4n) is 3.49. The smallest absolute Gasteiger partial charge is 0.0950 e. The van der Waals surface area contributed by atoms with Crippen molar-refractivity contribution in [2.24, 2.45) is 9.98 Å². The van der Waals surface area contributed by atoms with Gasteiger partial charge in [0.15, 0.2) is 0 Å². The second-order valence-corrected chi connectivity index (χ2v) is 5.80. The molecule has 132 valence electrons. The molecular weight excluding hydrogens is 316 g/mol. The summed E-state index contributed by atoms with van der Waals surface area (Å²) in [6, 6.07) is 17.3. The Morgan fingerprint density at radius 2 is 0.885 bits per heavy atom. The van der Waals surface area contributed by atoms with Crippen molar-refractivity contribution < 1.29 is 0 Å². The second-order valence-electron chi connectivity index (χ2n) is 5.80. The van der Waals surface area contributed by atoms with Crippen LogP contribution in [0.5, 0.6) is 0 Å². The average Bonchev–Trinajstić information content (AvgIpc) is 2.76. The van der Waals surface area contributed by atoms with Gasteiger partial charge in [0.25, 0.3) is 0 Å². The largest absolute Gasteiger partial charge is 0.272 e. The van der Waals surface area contributed by atoms with E-state index in [0.29, 0.717) is 0 Å². The van der Waals surface area contributed by atoms with E-state index in [1.807, 2.05) is 27.7 Å². The number of rotatable bonds is 0. The molecule has 3 aromatic carbocycles. The van der Waals surface area contributed by atoms with Crippen molar-refractivity contribution in [1.29, 1.82) is 0 Å². The van der Waals surface area contributed by atoms with Gasteiger partial charge in [-0.05, 0) is 10.8 Å². The van der Waals surface area contributed by atoms with Crippen LogP contribution in [0.4, 0.5) is 0 Å². The highest BCUT2D eigenvalue weighted by Gasteiger charge is 2.21. The summed E-state index contributed by atoms with van der Waals surface area (Å²) in [7, 11) is 0. The van der Waals surface area contributed by atoms with Gasteiger partial charge in [-0.2, -0.15) is 0 Å². The minimum atomic E-state index is 0.127. The average molecular weight is 342 g/mol. The minimum Gasteiger partial charge on any atom is -0.272 e. The van der Waals surface area contributed by atoms with Crippen molar-refractivity contribution in [2.75, 3.05) is 0 Å². The third kappa shape index (κ3) is 2.96. The molecule has 0 aromatic heterocycles. The zero-order valence-electron chi connectivity index (χ0n) is 16.0. The molecule has 0 radical (unpaired) electrons. The first kappa shape index (κ1) is 18.1. The summed E-state index contributed by atoms with van der Waals surface area (Å²) in [5.41, 5.74) is 0. The third-order valence-corrected chi connectivity index (χ3v) is 4.51. The maximum atomic E-state index is 5.01. The first-order chi connectivity index (χ1) is 12.9. The van der Waals surface area contributed by atoms with E-state index in [9.17, 15) is 0 Å². The zero-order valence-corrected chi connectivity index (χ0v) is 16.0. The predicted octanol–water partition coefficient (Wildman–Crippen LogP) is 5.16. The van der Waals surface area contributed by atoms with Gasteiger partial charge < -0.3 is 0 Å². The van der Waals surface area contributed by atoms with Gasteiger partial charge >= 0.3 is 0 Å². The molecule has 2 heteroatoms. The SMILES string of the molecule is C1=CC2N=c3c(c4ccccc4c4ccccc34)=NC2C=C1.CC.CC. The lowest BCUT2D eigenvalue weighted by molar-refractivity contribution is 0.650. The van der Waals surface area contributed by atoms with Crippen LogP contribution in [0.25, 0.3) is 21.5 Å². The molecule has 0 amide bonds. The topological polar surface area (TPSA) is 24.7 Å². The Bertz CT molecular complexity index is 1000. The van der Waals surface area contributed by atoms with Crippen molar-refractivity contribution in [2.45, 2.75) is 39.8 Å². The monoisotopic (exact) mass is 342 g/mol. The van der Waals surface area contributed by atoms with Crippen molar-refractivity contribution in [3.63, 3.8) is 0 Å². The molecule has 0 N–H and O–H groups in total. The van der Waals surface area contributed by atoms with Gasteiger partial charge in [0, 0.05) is 10.8 Å². The number of nitrogens with zero attached hydrogens (tertiary/aromatic N) is 2. The molecule has 2 aliphatic rings. The summed E-state index contributed by atoms with van der Waals surface area (Å²) < 4.78 is 0. The Kier molecular flexibility index (Phi) is 5.62. The summed E-state index contributed by atoms with van der Waals surface area (Å²) in [4.78, 5) is 10.0. The number of hydrogen-bond donors (Lipinski definition) is 0. The minimum absolute atomic E-state index is 0.127. The Balaban J connectivity index is 0.000000461. The van der Waals surface area contributed by atoms with Gasteiger partial charge in [0.1, 0.15) is 0 Å². The van der Waals surface area contributed by atoms with Gasteiger partial charge in [-0.25, -0.2) is 0 Å². The van der Waals surface area contributed by atoms with Crippen LogP contribution in [0.2, 0.25) is 0 Å². The Hall–Kier alpha value is -2.74. The molecule has 2 unspecified atom stereocenters. The van der Waals surface area contributed by atoms with E-state index in [4.69, 9.17) is 9.98 Å². The van der Waals surface area contributed by atoms with Crippen LogP contribution in [0, 0.1) is 0 Å². The third-order valence-electron chi connectivity index (χ3n) is 4.51. The number of hydrogen-bond acceptors (Lipinski definition) is 2. The fraction of sp³-hybridized carbons (Fsp3) is 0.250. The summed E-state index contributed by atoms with van der Waals surface area (Å²) in [6.07, 6.45) is 8.41. The molecule has 2 atom stereocenters. The molecule has 1 aliphatic heterocycles.